The van der Waals surface area contributed by atoms with Crippen molar-refractivity contribution in [1.29, 1.82) is 0 Å². The topological polar surface area (TPSA) is 39.1 Å². The molecule has 0 radical (unpaired) electrons. The van der Waals surface area contributed by atoms with Gasteiger partial charge in [0.05, 0.1) is 0 Å². The molecular weight excluding hydrogens is 262 g/mol. The van der Waals surface area contributed by atoms with Crippen LogP contribution in [0.1, 0.15) is 13.3 Å². The molecule has 102 valence electrons. The minimum absolute atomic E-state index is 0.716. The highest BCUT2D eigenvalue weighted by atomic mass is 35.5. The lowest BCUT2D eigenvalue weighted by Gasteiger charge is -2.10. The van der Waals surface area contributed by atoms with Crippen molar-refractivity contribution in [2.24, 2.45) is 0 Å². The van der Waals surface area contributed by atoms with E-state index in [2.05, 4.69) is 10.3 Å². The molecule has 0 aliphatic heterocycles. The quantitative estimate of drug-likeness (QED) is 0.790. The molecular formula is C14H18ClN3O. The Morgan fingerprint density at radius 3 is 3.11 bits per heavy atom. The Hall–Kier alpha value is -1.52. The summed E-state index contributed by atoms with van der Waals surface area (Å²) in [6.07, 6.45) is 4.64. The fourth-order valence-electron chi connectivity index (χ4n) is 1.79. The second kappa shape index (κ2) is 7.16. The Morgan fingerprint density at radius 2 is 2.32 bits per heavy atom. The fourth-order valence-corrected chi connectivity index (χ4v) is 1.97. The Morgan fingerprint density at radius 1 is 1.42 bits per heavy atom. The van der Waals surface area contributed by atoms with Gasteiger partial charge < -0.3 is 10.1 Å². The van der Waals surface area contributed by atoms with Crippen molar-refractivity contribution in [2.75, 3.05) is 25.1 Å². The summed E-state index contributed by atoms with van der Waals surface area (Å²) in [5, 5.41) is 4.02. The Bertz CT molecular complexity index is 513. The van der Waals surface area contributed by atoms with Gasteiger partial charge in [-0.05, 0) is 31.5 Å². The van der Waals surface area contributed by atoms with Gasteiger partial charge in [0, 0.05) is 42.9 Å². The number of hydrogen-bond donors (Lipinski definition) is 1. The van der Waals surface area contributed by atoms with E-state index in [1.165, 1.54) is 0 Å². The van der Waals surface area contributed by atoms with E-state index in [0.29, 0.717) is 5.02 Å². The summed E-state index contributed by atoms with van der Waals surface area (Å²) in [5.41, 5.74) is 0.998. The summed E-state index contributed by atoms with van der Waals surface area (Å²) in [6.45, 7) is 4.36. The van der Waals surface area contributed by atoms with Crippen molar-refractivity contribution in [2.45, 2.75) is 13.3 Å². The van der Waals surface area contributed by atoms with E-state index in [1.807, 2.05) is 42.0 Å². The highest BCUT2D eigenvalue weighted by Gasteiger charge is 2.04. The maximum Gasteiger partial charge on any atom is 0.207 e. The van der Waals surface area contributed by atoms with Gasteiger partial charge in [0.2, 0.25) is 5.95 Å². The molecule has 4 nitrogen and oxygen atoms in total. The largest absolute Gasteiger partial charge is 0.382 e. The number of nitrogens with one attached hydrogen (secondary N) is 1. The summed E-state index contributed by atoms with van der Waals surface area (Å²) in [4.78, 5) is 4.31. The minimum Gasteiger partial charge on any atom is -0.382 e. The van der Waals surface area contributed by atoms with E-state index < -0.39 is 0 Å². The lowest BCUT2D eigenvalue weighted by atomic mass is 10.3. The number of imidazole rings is 1. The number of nitrogens with zero attached hydrogens (tertiary/aromatic N) is 2. The monoisotopic (exact) mass is 279 g/mol. The van der Waals surface area contributed by atoms with Gasteiger partial charge >= 0.3 is 0 Å². The molecule has 0 saturated carbocycles. The normalized spacial score (nSPS) is 10.6. The number of ether oxygens (including phenoxy) is 1. The molecule has 2 rings (SSSR count). The predicted octanol–water partition coefficient (Wildman–Crippen LogP) is 3.36. The Kier molecular flexibility index (Phi) is 5.24. The van der Waals surface area contributed by atoms with Crippen molar-refractivity contribution in [3.63, 3.8) is 0 Å². The van der Waals surface area contributed by atoms with Gasteiger partial charge in [-0.2, -0.15) is 0 Å². The summed E-state index contributed by atoms with van der Waals surface area (Å²) in [6, 6.07) is 7.70. The van der Waals surface area contributed by atoms with E-state index in [0.717, 1.165) is 37.8 Å². The van der Waals surface area contributed by atoms with Crippen LogP contribution in [-0.4, -0.2) is 29.3 Å². The van der Waals surface area contributed by atoms with E-state index in [9.17, 15) is 0 Å². The second-order valence-electron chi connectivity index (χ2n) is 4.08. The number of hydrogen-bond acceptors (Lipinski definition) is 3. The van der Waals surface area contributed by atoms with Crippen molar-refractivity contribution in [1.82, 2.24) is 9.55 Å². The maximum atomic E-state index is 6.00. The van der Waals surface area contributed by atoms with Crippen molar-refractivity contribution < 1.29 is 4.74 Å². The first-order valence-electron chi connectivity index (χ1n) is 6.42. The van der Waals surface area contributed by atoms with Gasteiger partial charge in [-0.3, -0.25) is 4.57 Å². The molecule has 0 amide bonds. The first-order chi connectivity index (χ1) is 9.31. The zero-order valence-corrected chi connectivity index (χ0v) is 11.7. The first-order valence-corrected chi connectivity index (χ1v) is 6.80. The zero-order chi connectivity index (χ0) is 13.5. The molecule has 1 aromatic heterocycles. The lowest BCUT2D eigenvalue weighted by molar-refractivity contribution is 0.147. The van der Waals surface area contributed by atoms with E-state index in [1.54, 1.807) is 6.20 Å². The van der Waals surface area contributed by atoms with Crippen molar-refractivity contribution >= 4 is 17.5 Å². The molecule has 19 heavy (non-hydrogen) atoms. The minimum atomic E-state index is 0.716. The number of aromatic nitrogens is 2. The van der Waals surface area contributed by atoms with Crippen molar-refractivity contribution in [3.8, 4) is 5.69 Å². The molecule has 0 aliphatic rings. The summed E-state index contributed by atoms with van der Waals surface area (Å²) >= 11 is 6.00. The predicted molar refractivity (Wildman–Crippen MR) is 78.2 cm³/mol. The smallest absolute Gasteiger partial charge is 0.207 e. The van der Waals surface area contributed by atoms with Gasteiger partial charge in [-0.1, -0.05) is 17.7 Å². The van der Waals surface area contributed by atoms with Crippen LogP contribution in [-0.2, 0) is 4.74 Å². The molecule has 0 aliphatic carbocycles. The average Bonchev–Trinajstić information content (AvgIpc) is 2.87. The van der Waals surface area contributed by atoms with Crippen LogP contribution >= 0.6 is 11.6 Å². The zero-order valence-electron chi connectivity index (χ0n) is 11.0. The second-order valence-corrected chi connectivity index (χ2v) is 4.51. The molecule has 0 fully saturated rings. The number of rotatable bonds is 7. The molecule has 0 bridgehead atoms. The molecule has 0 saturated heterocycles. The third-order valence-corrected chi connectivity index (χ3v) is 2.91. The average molecular weight is 280 g/mol. The Balaban J connectivity index is 1.98. The van der Waals surface area contributed by atoms with Gasteiger partial charge in [0.15, 0.2) is 0 Å². The van der Waals surface area contributed by atoms with E-state index >= 15 is 0 Å². The first kappa shape index (κ1) is 13.9. The van der Waals surface area contributed by atoms with E-state index in [4.69, 9.17) is 16.3 Å². The van der Waals surface area contributed by atoms with Gasteiger partial charge in [-0.25, -0.2) is 4.98 Å². The molecule has 5 heteroatoms. The van der Waals surface area contributed by atoms with Crippen LogP contribution in [0.15, 0.2) is 36.7 Å². The van der Waals surface area contributed by atoms with Crippen LogP contribution in [0, 0.1) is 0 Å². The van der Waals surface area contributed by atoms with Crippen LogP contribution in [0.3, 0.4) is 0 Å². The molecule has 1 N–H and O–H groups in total. The molecule has 1 aromatic carbocycles. The Labute approximate surface area is 118 Å². The molecule has 2 aromatic rings. The van der Waals surface area contributed by atoms with Crippen LogP contribution in [0.2, 0.25) is 5.02 Å². The van der Waals surface area contributed by atoms with E-state index in [-0.39, 0.29) is 0 Å². The number of anilines is 1. The molecule has 0 unspecified atom stereocenters. The number of halogens is 1. The molecule has 0 spiro atoms. The van der Waals surface area contributed by atoms with Crippen molar-refractivity contribution in [3.05, 3.63) is 41.7 Å². The van der Waals surface area contributed by atoms with Crippen LogP contribution in [0.5, 0.6) is 0 Å². The van der Waals surface area contributed by atoms with Crippen LogP contribution in [0.25, 0.3) is 5.69 Å². The fraction of sp³-hybridized carbons (Fsp3) is 0.357. The van der Waals surface area contributed by atoms with Crippen LogP contribution in [0.4, 0.5) is 5.95 Å². The molecule has 1 heterocycles. The SMILES string of the molecule is CCOCCCNc1nccn1-c1cccc(Cl)c1. The van der Waals surface area contributed by atoms with Crippen LogP contribution < -0.4 is 5.32 Å². The number of benzene rings is 1. The third kappa shape index (κ3) is 3.98. The maximum absolute atomic E-state index is 6.00. The van der Waals surface area contributed by atoms with Gasteiger partial charge in [0.1, 0.15) is 0 Å². The highest BCUT2D eigenvalue weighted by Crippen LogP contribution is 2.18. The van der Waals surface area contributed by atoms with Gasteiger partial charge in [0.25, 0.3) is 0 Å². The highest BCUT2D eigenvalue weighted by molar-refractivity contribution is 6.30. The summed E-state index contributed by atoms with van der Waals surface area (Å²) in [7, 11) is 0. The standard InChI is InChI=1S/C14H18ClN3O/c1-2-19-10-4-7-16-14-17-8-9-18(14)13-6-3-5-12(15)11-13/h3,5-6,8-9,11H,2,4,7,10H2,1H3,(H,16,17). The molecule has 0 atom stereocenters. The third-order valence-electron chi connectivity index (χ3n) is 2.68. The summed E-state index contributed by atoms with van der Waals surface area (Å²) < 4.78 is 7.28. The lowest BCUT2D eigenvalue weighted by Crippen LogP contribution is -2.09. The van der Waals surface area contributed by atoms with Gasteiger partial charge in [-0.15, -0.1) is 0 Å². The summed E-state index contributed by atoms with van der Waals surface area (Å²) in [5.74, 6) is 0.818.